The van der Waals surface area contributed by atoms with E-state index in [1.807, 2.05) is 16.8 Å². The summed E-state index contributed by atoms with van der Waals surface area (Å²) in [6, 6.07) is 4.92. The molecule has 0 fully saturated rings. The van der Waals surface area contributed by atoms with Crippen LogP contribution in [0.15, 0.2) is 35.1 Å². The van der Waals surface area contributed by atoms with Crippen LogP contribution in [-0.4, -0.2) is 9.55 Å². The van der Waals surface area contributed by atoms with Gasteiger partial charge in [-0.05, 0) is 23.8 Å². The predicted molar refractivity (Wildman–Crippen MR) is 64.8 cm³/mol. The van der Waals surface area contributed by atoms with E-state index in [-0.39, 0.29) is 5.82 Å². The summed E-state index contributed by atoms with van der Waals surface area (Å²) < 4.78 is 16.0. The van der Waals surface area contributed by atoms with Gasteiger partial charge in [0.1, 0.15) is 11.6 Å². The maximum absolute atomic E-state index is 13.2. The zero-order chi connectivity index (χ0) is 11.5. The van der Waals surface area contributed by atoms with E-state index in [0.29, 0.717) is 6.54 Å². The Balaban J connectivity index is 2.26. The number of rotatable bonds is 3. The van der Waals surface area contributed by atoms with Crippen LogP contribution < -0.4 is 0 Å². The van der Waals surface area contributed by atoms with Crippen LogP contribution in [-0.2, 0) is 13.0 Å². The van der Waals surface area contributed by atoms with Gasteiger partial charge < -0.3 is 4.57 Å². The number of aryl methyl sites for hydroxylation is 1. The fourth-order valence-corrected chi connectivity index (χ4v) is 2.21. The van der Waals surface area contributed by atoms with Crippen LogP contribution in [0.1, 0.15) is 18.3 Å². The second-order valence-corrected chi connectivity index (χ2v) is 4.52. The normalized spacial score (nSPS) is 10.7. The molecule has 0 spiro atoms. The third-order valence-corrected chi connectivity index (χ3v) is 2.85. The van der Waals surface area contributed by atoms with Crippen LogP contribution in [0.25, 0.3) is 0 Å². The Bertz CT molecular complexity index is 473. The standard InChI is InChI=1S/C12H12BrFN2/c1-2-12-15-3-4-16(12)8-9-5-10(13)7-11(14)6-9/h3-7H,2,8H2,1H3. The summed E-state index contributed by atoms with van der Waals surface area (Å²) in [5, 5.41) is 0. The van der Waals surface area contributed by atoms with Gasteiger partial charge in [0.25, 0.3) is 0 Å². The molecule has 1 heterocycles. The van der Waals surface area contributed by atoms with Crippen molar-refractivity contribution in [1.29, 1.82) is 0 Å². The molecular weight excluding hydrogens is 271 g/mol. The lowest BCUT2D eigenvalue weighted by molar-refractivity contribution is 0.621. The first-order chi connectivity index (χ1) is 7.69. The Hall–Kier alpha value is -1.16. The Kier molecular flexibility index (Phi) is 3.39. The molecule has 84 valence electrons. The maximum Gasteiger partial charge on any atom is 0.124 e. The molecule has 0 atom stereocenters. The number of hydrogen-bond donors (Lipinski definition) is 0. The molecule has 0 saturated heterocycles. The molecule has 0 saturated carbocycles. The molecule has 2 rings (SSSR count). The van der Waals surface area contributed by atoms with Crippen molar-refractivity contribution in [2.24, 2.45) is 0 Å². The lowest BCUT2D eigenvalue weighted by atomic mass is 10.2. The quantitative estimate of drug-likeness (QED) is 0.844. The maximum atomic E-state index is 13.2. The first-order valence-corrected chi connectivity index (χ1v) is 5.93. The highest BCUT2D eigenvalue weighted by atomic mass is 79.9. The first kappa shape index (κ1) is 11.3. The Labute approximate surface area is 102 Å². The number of benzene rings is 1. The Morgan fingerprint density at radius 1 is 1.38 bits per heavy atom. The number of aromatic nitrogens is 2. The molecule has 1 aromatic carbocycles. The molecule has 2 nitrogen and oxygen atoms in total. The molecule has 0 aliphatic rings. The number of imidazole rings is 1. The van der Waals surface area contributed by atoms with E-state index in [2.05, 4.69) is 27.8 Å². The topological polar surface area (TPSA) is 17.8 Å². The molecule has 0 bridgehead atoms. The minimum atomic E-state index is -0.220. The summed E-state index contributed by atoms with van der Waals surface area (Å²) in [4.78, 5) is 4.23. The summed E-state index contributed by atoms with van der Waals surface area (Å²) in [6.07, 6.45) is 4.56. The largest absolute Gasteiger partial charge is 0.331 e. The zero-order valence-corrected chi connectivity index (χ0v) is 10.5. The minimum absolute atomic E-state index is 0.220. The van der Waals surface area contributed by atoms with E-state index in [0.717, 1.165) is 22.3 Å². The smallest absolute Gasteiger partial charge is 0.124 e. The molecule has 0 aliphatic heterocycles. The summed E-state index contributed by atoms with van der Waals surface area (Å²) in [5.74, 6) is 0.794. The van der Waals surface area contributed by atoms with E-state index in [4.69, 9.17) is 0 Å². The third-order valence-electron chi connectivity index (χ3n) is 2.39. The molecule has 16 heavy (non-hydrogen) atoms. The van der Waals surface area contributed by atoms with Crippen LogP contribution in [0.5, 0.6) is 0 Å². The second-order valence-electron chi connectivity index (χ2n) is 3.60. The second kappa shape index (κ2) is 4.78. The van der Waals surface area contributed by atoms with Crippen molar-refractivity contribution in [3.63, 3.8) is 0 Å². The lowest BCUT2D eigenvalue weighted by Gasteiger charge is -2.07. The van der Waals surface area contributed by atoms with Gasteiger partial charge in [0, 0.05) is 29.8 Å². The summed E-state index contributed by atoms with van der Waals surface area (Å²) in [5.41, 5.74) is 0.930. The van der Waals surface area contributed by atoms with Gasteiger partial charge in [-0.15, -0.1) is 0 Å². The SMILES string of the molecule is CCc1nccn1Cc1cc(F)cc(Br)c1. The average molecular weight is 283 g/mol. The predicted octanol–water partition coefficient (Wildman–Crippen LogP) is 3.40. The van der Waals surface area contributed by atoms with Crippen molar-refractivity contribution in [3.05, 3.63) is 52.3 Å². The fraction of sp³-hybridized carbons (Fsp3) is 0.250. The van der Waals surface area contributed by atoms with Gasteiger partial charge in [-0.3, -0.25) is 0 Å². The van der Waals surface area contributed by atoms with E-state index in [1.165, 1.54) is 6.07 Å². The molecular formula is C12H12BrFN2. The van der Waals surface area contributed by atoms with Gasteiger partial charge in [-0.1, -0.05) is 22.9 Å². The molecule has 4 heteroatoms. The van der Waals surface area contributed by atoms with Crippen LogP contribution >= 0.6 is 15.9 Å². The van der Waals surface area contributed by atoms with E-state index >= 15 is 0 Å². The highest BCUT2D eigenvalue weighted by molar-refractivity contribution is 9.10. The minimum Gasteiger partial charge on any atom is -0.331 e. The molecule has 2 aromatic rings. The first-order valence-electron chi connectivity index (χ1n) is 5.14. The van der Waals surface area contributed by atoms with Crippen LogP contribution in [0.3, 0.4) is 0 Å². The Morgan fingerprint density at radius 3 is 2.88 bits per heavy atom. The van der Waals surface area contributed by atoms with Gasteiger partial charge in [-0.25, -0.2) is 9.37 Å². The van der Waals surface area contributed by atoms with Crippen molar-refractivity contribution in [2.45, 2.75) is 19.9 Å². The van der Waals surface area contributed by atoms with Crippen LogP contribution in [0, 0.1) is 5.82 Å². The van der Waals surface area contributed by atoms with E-state index < -0.39 is 0 Å². The average Bonchev–Trinajstić information content (AvgIpc) is 2.63. The summed E-state index contributed by atoms with van der Waals surface area (Å²) >= 11 is 3.29. The van der Waals surface area contributed by atoms with Gasteiger partial charge in [0.15, 0.2) is 0 Å². The van der Waals surface area contributed by atoms with E-state index in [1.54, 1.807) is 12.3 Å². The van der Waals surface area contributed by atoms with Gasteiger partial charge in [0.2, 0.25) is 0 Å². The summed E-state index contributed by atoms with van der Waals surface area (Å²) in [6.45, 7) is 2.71. The van der Waals surface area contributed by atoms with Gasteiger partial charge >= 0.3 is 0 Å². The number of nitrogens with zero attached hydrogens (tertiary/aromatic N) is 2. The molecule has 0 unspecified atom stereocenters. The molecule has 0 radical (unpaired) electrons. The third kappa shape index (κ3) is 2.50. The van der Waals surface area contributed by atoms with Gasteiger partial charge in [-0.2, -0.15) is 0 Å². The monoisotopic (exact) mass is 282 g/mol. The van der Waals surface area contributed by atoms with E-state index in [9.17, 15) is 4.39 Å². The van der Waals surface area contributed by atoms with Crippen LogP contribution in [0.4, 0.5) is 4.39 Å². The van der Waals surface area contributed by atoms with Gasteiger partial charge in [0.05, 0.1) is 0 Å². The Morgan fingerprint density at radius 2 is 2.19 bits per heavy atom. The summed E-state index contributed by atoms with van der Waals surface area (Å²) in [7, 11) is 0. The molecule has 1 aromatic heterocycles. The zero-order valence-electron chi connectivity index (χ0n) is 8.95. The molecule has 0 amide bonds. The van der Waals surface area contributed by atoms with Crippen LogP contribution in [0.2, 0.25) is 0 Å². The number of hydrogen-bond acceptors (Lipinski definition) is 1. The highest BCUT2D eigenvalue weighted by Crippen LogP contribution is 2.16. The number of halogens is 2. The lowest BCUT2D eigenvalue weighted by Crippen LogP contribution is -2.03. The fourth-order valence-electron chi connectivity index (χ4n) is 1.70. The van der Waals surface area contributed by atoms with Crippen molar-refractivity contribution in [3.8, 4) is 0 Å². The molecule has 0 N–H and O–H groups in total. The van der Waals surface area contributed by atoms with Crippen molar-refractivity contribution in [1.82, 2.24) is 9.55 Å². The highest BCUT2D eigenvalue weighted by Gasteiger charge is 2.03. The molecule has 0 aliphatic carbocycles. The van der Waals surface area contributed by atoms with Crippen molar-refractivity contribution in [2.75, 3.05) is 0 Å². The van der Waals surface area contributed by atoms with Crippen molar-refractivity contribution < 1.29 is 4.39 Å². The van der Waals surface area contributed by atoms with Crippen molar-refractivity contribution >= 4 is 15.9 Å².